The van der Waals surface area contributed by atoms with E-state index < -0.39 is 10.0 Å². The van der Waals surface area contributed by atoms with Crippen molar-refractivity contribution in [3.63, 3.8) is 0 Å². The van der Waals surface area contributed by atoms with Gasteiger partial charge in [0.1, 0.15) is 12.4 Å². The molecule has 2 aromatic carbocycles. The summed E-state index contributed by atoms with van der Waals surface area (Å²) in [7, 11) is -1.93. The van der Waals surface area contributed by atoms with Crippen LogP contribution in [0.15, 0.2) is 47.4 Å². The first-order valence-corrected chi connectivity index (χ1v) is 8.98. The average molecular weight is 333 g/mol. The van der Waals surface area contributed by atoms with Crippen LogP contribution < -0.4 is 4.74 Å². The number of likely N-dealkylation sites (N-methyl/N-ethyl adjacent to an activating group) is 1. The minimum Gasteiger partial charge on any atom is -0.492 e. The third-order valence-corrected chi connectivity index (χ3v) is 5.85. The molecular weight excluding hydrogens is 310 g/mol. The first kappa shape index (κ1) is 17.5. The van der Waals surface area contributed by atoms with E-state index in [0.29, 0.717) is 18.0 Å². The van der Waals surface area contributed by atoms with Gasteiger partial charge in [-0.3, -0.25) is 0 Å². The highest BCUT2D eigenvalue weighted by Gasteiger charge is 2.24. The SMILES string of the molecule is Cc1cc(C)c(S(=O)(=O)N(C)CCOc2ccccc2)c(C)c1. The second kappa shape index (κ2) is 7.15. The van der Waals surface area contributed by atoms with Crippen LogP contribution in [0.3, 0.4) is 0 Å². The van der Waals surface area contributed by atoms with Gasteiger partial charge < -0.3 is 4.74 Å². The fourth-order valence-electron chi connectivity index (χ4n) is 2.66. The van der Waals surface area contributed by atoms with E-state index in [1.807, 2.05) is 63.2 Å². The van der Waals surface area contributed by atoms with Gasteiger partial charge in [0.05, 0.1) is 4.90 Å². The Morgan fingerprint density at radius 2 is 1.57 bits per heavy atom. The summed E-state index contributed by atoms with van der Waals surface area (Å²) in [6.07, 6.45) is 0. The summed E-state index contributed by atoms with van der Waals surface area (Å²) in [4.78, 5) is 0.394. The molecule has 0 aliphatic heterocycles. The molecule has 0 aliphatic rings. The number of benzene rings is 2. The Morgan fingerprint density at radius 3 is 2.13 bits per heavy atom. The number of sulfonamides is 1. The zero-order valence-electron chi connectivity index (χ0n) is 14.0. The van der Waals surface area contributed by atoms with Crippen molar-refractivity contribution in [2.75, 3.05) is 20.2 Å². The fourth-order valence-corrected chi connectivity index (χ4v) is 4.22. The summed E-state index contributed by atoms with van der Waals surface area (Å²) in [6, 6.07) is 13.2. The Kier molecular flexibility index (Phi) is 5.44. The van der Waals surface area contributed by atoms with Crippen molar-refractivity contribution in [1.29, 1.82) is 0 Å². The van der Waals surface area contributed by atoms with Gasteiger partial charge >= 0.3 is 0 Å². The Balaban J connectivity index is 2.10. The van der Waals surface area contributed by atoms with Crippen LogP contribution in [-0.2, 0) is 10.0 Å². The molecule has 2 rings (SSSR count). The molecule has 124 valence electrons. The van der Waals surface area contributed by atoms with Crippen LogP contribution in [0.25, 0.3) is 0 Å². The van der Waals surface area contributed by atoms with Gasteiger partial charge in [-0.15, -0.1) is 0 Å². The molecule has 0 saturated heterocycles. The van der Waals surface area contributed by atoms with Crippen LogP contribution in [0.4, 0.5) is 0 Å². The lowest BCUT2D eigenvalue weighted by Crippen LogP contribution is -2.32. The molecule has 2 aromatic rings. The number of para-hydroxylation sites is 1. The maximum absolute atomic E-state index is 12.8. The molecule has 0 aliphatic carbocycles. The molecule has 0 aromatic heterocycles. The van der Waals surface area contributed by atoms with Crippen LogP contribution in [0.1, 0.15) is 16.7 Å². The number of hydrogen-bond donors (Lipinski definition) is 0. The van der Waals surface area contributed by atoms with Crippen LogP contribution >= 0.6 is 0 Å². The predicted octanol–water partition coefficient (Wildman–Crippen LogP) is 3.31. The largest absolute Gasteiger partial charge is 0.492 e. The average Bonchev–Trinajstić information content (AvgIpc) is 2.46. The number of rotatable bonds is 6. The summed E-state index contributed by atoms with van der Waals surface area (Å²) < 4.78 is 32.5. The quantitative estimate of drug-likeness (QED) is 0.815. The van der Waals surface area contributed by atoms with Gasteiger partial charge in [-0.2, -0.15) is 4.31 Å². The third-order valence-electron chi connectivity index (χ3n) is 3.69. The summed E-state index contributed by atoms with van der Waals surface area (Å²) in [5, 5.41) is 0. The fraction of sp³-hybridized carbons (Fsp3) is 0.333. The minimum absolute atomic E-state index is 0.296. The van der Waals surface area contributed by atoms with E-state index in [2.05, 4.69) is 0 Å². The molecular formula is C18H23NO3S. The van der Waals surface area contributed by atoms with Crippen molar-refractivity contribution in [3.8, 4) is 5.75 Å². The van der Waals surface area contributed by atoms with Gasteiger partial charge in [-0.05, 0) is 44.0 Å². The summed E-state index contributed by atoms with van der Waals surface area (Å²) in [5.74, 6) is 0.737. The maximum Gasteiger partial charge on any atom is 0.243 e. The van der Waals surface area contributed by atoms with Gasteiger partial charge in [-0.1, -0.05) is 35.9 Å². The second-order valence-corrected chi connectivity index (χ2v) is 7.70. The number of aryl methyl sites for hydroxylation is 3. The normalized spacial score (nSPS) is 11.7. The van der Waals surface area contributed by atoms with Crippen LogP contribution in [0.5, 0.6) is 5.75 Å². The molecule has 0 N–H and O–H groups in total. The van der Waals surface area contributed by atoms with E-state index in [1.165, 1.54) is 4.31 Å². The number of ether oxygens (including phenoxy) is 1. The standard InChI is InChI=1S/C18H23NO3S/c1-14-12-15(2)18(16(3)13-14)23(20,21)19(4)10-11-22-17-8-6-5-7-9-17/h5-9,12-13H,10-11H2,1-4H3. The molecule has 0 saturated carbocycles. The van der Waals surface area contributed by atoms with E-state index in [1.54, 1.807) is 7.05 Å². The smallest absolute Gasteiger partial charge is 0.243 e. The van der Waals surface area contributed by atoms with Gasteiger partial charge in [0.2, 0.25) is 10.0 Å². The Labute approximate surface area is 138 Å². The van der Waals surface area contributed by atoms with E-state index >= 15 is 0 Å². The monoisotopic (exact) mass is 333 g/mol. The summed E-state index contributed by atoms with van der Waals surface area (Å²) in [6.45, 7) is 6.24. The number of hydrogen-bond acceptors (Lipinski definition) is 3. The van der Waals surface area contributed by atoms with Crippen LogP contribution in [-0.4, -0.2) is 32.9 Å². The van der Waals surface area contributed by atoms with Crippen molar-refractivity contribution in [1.82, 2.24) is 4.31 Å². The van der Waals surface area contributed by atoms with Crippen LogP contribution in [0.2, 0.25) is 0 Å². The lowest BCUT2D eigenvalue weighted by molar-refractivity contribution is 0.287. The lowest BCUT2D eigenvalue weighted by Gasteiger charge is -2.20. The van der Waals surface area contributed by atoms with Crippen LogP contribution in [0, 0.1) is 20.8 Å². The van der Waals surface area contributed by atoms with Crippen molar-refractivity contribution >= 4 is 10.0 Å². The highest BCUT2D eigenvalue weighted by Crippen LogP contribution is 2.24. The highest BCUT2D eigenvalue weighted by molar-refractivity contribution is 7.89. The van der Waals surface area contributed by atoms with Crippen molar-refractivity contribution in [2.45, 2.75) is 25.7 Å². The first-order chi connectivity index (χ1) is 10.8. The van der Waals surface area contributed by atoms with Gasteiger partial charge in [0.15, 0.2) is 0 Å². The molecule has 4 nitrogen and oxygen atoms in total. The molecule has 5 heteroatoms. The number of nitrogens with zero attached hydrogens (tertiary/aromatic N) is 1. The molecule has 23 heavy (non-hydrogen) atoms. The molecule has 0 amide bonds. The van der Waals surface area contributed by atoms with Crippen molar-refractivity contribution in [2.24, 2.45) is 0 Å². The molecule has 0 fully saturated rings. The van der Waals surface area contributed by atoms with Gasteiger partial charge in [0, 0.05) is 13.6 Å². The van der Waals surface area contributed by atoms with E-state index in [0.717, 1.165) is 22.4 Å². The Bertz CT molecular complexity index is 747. The first-order valence-electron chi connectivity index (χ1n) is 7.54. The Morgan fingerprint density at radius 1 is 1.00 bits per heavy atom. The lowest BCUT2D eigenvalue weighted by atomic mass is 10.1. The van der Waals surface area contributed by atoms with Gasteiger partial charge in [-0.25, -0.2) is 8.42 Å². The molecule has 0 radical (unpaired) electrons. The zero-order chi connectivity index (χ0) is 17.0. The Hall–Kier alpha value is -1.85. The molecule has 0 spiro atoms. The zero-order valence-corrected chi connectivity index (χ0v) is 14.9. The van der Waals surface area contributed by atoms with Crippen molar-refractivity contribution < 1.29 is 13.2 Å². The summed E-state index contributed by atoms with van der Waals surface area (Å²) >= 11 is 0. The molecule has 0 atom stereocenters. The van der Waals surface area contributed by atoms with E-state index in [9.17, 15) is 8.42 Å². The topological polar surface area (TPSA) is 46.6 Å². The highest BCUT2D eigenvalue weighted by atomic mass is 32.2. The third kappa shape index (κ3) is 4.12. The van der Waals surface area contributed by atoms with Crippen molar-refractivity contribution in [3.05, 3.63) is 59.2 Å². The molecule has 0 unspecified atom stereocenters. The minimum atomic E-state index is -3.52. The molecule has 0 heterocycles. The molecule has 0 bridgehead atoms. The van der Waals surface area contributed by atoms with E-state index in [4.69, 9.17) is 4.74 Å². The summed E-state index contributed by atoms with van der Waals surface area (Å²) in [5.41, 5.74) is 2.62. The van der Waals surface area contributed by atoms with E-state index in [-0.39, 0.29) is 0 Å². The van der Waals surface area contributed by atoms with Gasteiger partial charge in [0.25, 0.3) is 0 Å². The maximum atomic E-state index is 12.8. The second-order valence-electron chi connectivity index (χ2n) is 5.72. The predicted molar refractivity (Wildman–Crippen MR) is 92.4 cm³/mol.